The summed E-state index contributed by atoms with van der Waals surface area (Å²) in [6, 6.07) is 15.8. The molecule has 0 unspecified atom stereocenters. The van der Waals surface area contributed by atoms with E-state index in [9.17, 15) is 40.0 Å². The van der Waals surface area contributed by atoms with Crippen LogP contribution in [0.2, 0.25) is 0 Å². The number of urea groups is 1. The molecule has 3 amide bonds. The SMILES string of the molecule is O=C(Nc1ccc(S(=O)(=O)F)cc1)Nc1cccc(C(=O)Nc2ccc(S(=O)(=O)O)c3cccc(O)c23)c1.[H-].[Na+]. The second kappa shape index (κ2) is 11.7. The molecule has 0 aliphatic rings. The molecule has 198 valence electrons. The molecule has 5 N–H and O–H groups in total. The van der Waals surface area contributed by atoms with Gasteiger partial charge in [-0.1, -0.05) is 18.2 Å². The van der Waals surface area contributed by atoms with Crippen LogP contribution in [0.15, 0.2) is 88.7 Å². The predicted molar refractivity (Wildman–Crippen MR) is 138 cm³/mol. The minimum atomic E-state index is -4.87. The van der Waals surface area contributed by atoms with Crippen molar-refractivity contribution in [1.82, 2.24) is 0 Å². The van der Waals surface area contributed by atoms with Gasteiger partial charge in [-0.05, 0) is 60.7 Å². The molecule has 0 radical (unpaired) electrons. The summed E-state index contributed by atoms with van der Waals surface area (Å²) in [5.41, 5.74) is 0.574. The Labute approximate surface area is 245 Å². The van der Waals surface area contributed by atoms with Crippen LogP contribution in [0.5, 0.6) is 5.75 Å². The van der Waals surface area contributed by atoms with E-state index in [2.05, 4.69) is 16.0 Å². The number of nitrogens with one attached hydrogen (secondary N) is 3. The Morgan fingerprint density at radius 3 is 2.08 bits per heavy atom. The summed E-state index contributed by atoms with van der Waals surface area (Å²) in [6.45, 7) is 0. The summed E-state index contributed by atoms with van der Waals surface area (Å²) in [7, 11) is -9.48. The number of phenolic OH excluding ortho intramolecular Hbond substituents is 1. The van der Waals surface area contributed by atoms with E-state index in [1.807, 2.05) is 0 Å². The summed E-state index contributed by atoms with van der Waals surface area (Å²) in [4.78, 5) is 24.2. The van der Waals surface area contributed by atoms with Crippen LogP contribution in [-0.4, -0.2) is 38.4 Å². The number of benzene rings is 4. The molecule has 39 heavy (non-hydrogen) atoms. The smallest absolute Gasteiger partial charge is 1.00 e. The minimum absolute atomic E-state index is 0. The van der Waals surface area contributed by atoms with Gasteiger partial charge in [-0.3, -0.25) is 9.35 Å². The van der Waals surface area contributed by atoms with Gasteiger partial charge < -0.3 is 22.5 Å². The second-order valence-corrected chi connectivity index (χ2v) is 10.6. The van der Waals surface area contributed by atoms with E-state index in [0.717, 1.165) is 18.2 Å². The molecule has 4 rings (SSSR count). The quantitative estimate of drug-likeness (QED) is 0.129. The van der Waals surface area contributed by atoms with Crippen molar-refractivity contribution in [3.05, 3.63) is 84.4 Å². The van der Waals surface area contributed by atoms with Gasteiger partial charge in [0.25, 0.3) is 16.0 Å². The number of carbonyl (C=O) groups excluding carboxylic acids is 2. The zero-order valence-electron chi connectivity index (χ0n) is 21.0. The third-order valence-electron chi connectivity index (χ3n) is 5.28. The largest absolute Gasteiger partial charge is 1.00 e. The van der Waals surface area contributed by atoms with Gasteiger partial charge in [0.2, 0.25) is 0 Å². The molecule has 0 aliphatic carbocycles. The molecular formula is C24H19FN3NaO8S2. The van der Waals surface area contributed by atoms with E-state index >= 15 is 0 Å². The number of hydrogen-bond donors (Lipinski definition) is 5. The summed E-state index contributed by atoms with van der Waals surface area (Å²) in [6.07, 6.45) is 0. The van der Waals surface area contributed by atoms with Crippen LogP contribution >= 0.6 is 0 Å². The van der Waals surface area contributed by atoms with Crippen molar-refractivity contribution in [2.75, 3.05) is 16.0 Å². The van der Waals surface area contributed by atoms with Gasteiger partial charge in [-0.25, -0.2) is 4.79 Å². The number of hydrogen-bond acceptors (Lipinski definition) is 7. The molecule has 0 saturated heterocycles. The Morgan fingerprint density at radius 1 is 0.795 bits per heavy atom. The number of carbonyl (C=O) groups is 2. The minimum Gasteiger partial charge on any atom is -1.00 e. The topological polar surface area (TPSA) is 179 Å². The Morgan fingerprint density at radius 2 is 1.44 bits per heavy atom. The fourth-order valence-electron chi connectivity index (χ4n) is 3.62. The van der Waals surface area contributed by atoms with E-state index in [4.69, 9.17) is 0 Å². The number of fused-ring (bicyclic) bond motifs is 1. The molecule has 0 heterocycles. The van der Waals surface area contributed by atoms with Crippen LogP contribution < -0.4 is 45.5 Å². The van der Waals surface area contributed by atoms with Crippen LogP contribution in [0.25, 0.3) is 10.8 Å². The molecule has 11 nitrogen and oxygen atoms in total. The molecular weight excluding hydrogens is 564 g/mol. The third-order valence-corrected chi connectivity index (χ3v) is 7.03. The molecule has 0 saturated carbocycles. The van der Waals surface area contributed by atoms with Gasteiger partial charge in [-0.2, -0.15) is 16.8 Å². The standard InChI is InChI=1S/C24H18FN3O8S2.Na.H/c25-37(32,33)17-9-7-15(8-10-17)26-24(31)27-16-4-1-3-14(13-16)23(30)28-19-11-12-21(38(34,35)36)18-5-2-6-20(29)22(18)19;;/h1-13,29H,(H,28,30)(H2,26,27,31)(H,34,35,36);;/q;+1;-1. The predicted octanol–water partition coefficient (Wildman–Crippen LogP) is 1.46. The monoisotopic (exact) mass is 583 g/mol. The number of rotatable bonds is 6. The molecule has 0 atom stereocenters. The Bertz CT molecular complexity index is 1810. The molecule has 0 spiro atoms. The maximum atomic E-state index is 13.0. The van der Waals surface area contributed by atoms with Crippen LogP contribution in [0.4, 0.5) is 25.7 Å². The maximum Gasteiger partial charge on any atom is 1.00 e. The normalized spacial score (nSPS) is 11.3. The molecule has 15 heteroatoms. The van der Waals surface area contributed by atoms with Crippen molar-refractivity contribution >= 4 is 60.1 Å². The first-order chi connectivity index (χ1) is 17.8. The molecule has 4 aromatic rings. The molecule has 0 fully saturated rings. The van der Waals surface area contributed by atoms with Crippen molar-refractivity contribution in [3.63, 3.8) is 0 Å². The van der Waals surface area contributed by atoms with Crippen LogP contribution in [0.1, 0.15) is 11.8 Å². The van der Waals surface area contributed by atoms with Crippen LogP contribution in [0, 0.1) is 0 Å². The van der Waals surface area contributed by atoms with Crippen molar-refractivity contribution in [3.8, 4) is 5.75 Å². The number of phenols is 1. The zero-order valence-corrected chi connectivity index (χ0v) is 23.7. The van der Waals surface area contributed by atoms with Gasteiger partial charge in [0.1, 0.15) is 10.6 Å². The van der Waals surface area contributed by atoms with E-state index in [-0.39, 0.29) is 70.1 Å². The van der Waals surface area contributed by atoms with Crippen LogP contribution in [-0.2, 0) is 20.3 Å². The fourth-order valence-corrected chi connectivity index (χ4v) is 4.77. The Kier molecular flexibility index (Phi) is 9.00. The zero-order chi connectivity index (χ0) is 27.7. The summed E-state index contributed by atoms with van der Waals surface area (Å²) >= 11 is 0. The first-order valence-electron chi connectivity index (χ1n) is 10.6. The molecule has 4 aromatic carbocycles. The van der Waals surface area contributed by atoms with E-state index in [1.165, 1.54) is 60.7 Å². The second-order valence-electron chi connectivity index (χ2n) is 7.86. The van der Waals surface area contributed by atoms with E-state index < -0.39 is 42.1 Å². The van der Waals surface area contributed by atoms with E-state index in [0.29, 0.717) is 0 Å². The summed E-state index contributed by atoms with van der Waals surface area (Å²) in [5, 5.41) is 17.8. The maximum absolute atomic E-state index is 13.0. The van der Waals surface area contributed by atoms with Gasteiger partial charge in [0.05, 0.1) is 10.6 Å². The first-order valence-corrected chi connectivity index (χ1v) is 13.4. The van der Waals surface area contributed by atoms with Gasteiger partial charge in [-0.15, -0.1) is 3.89 Å². The number of halogens is 1. The number of amides is 3. The Hall–Kier alpha value is -3.53. The van der Waals surface area contributed by atoms with Crippen molar-refractivity contribution in [1.29, 1.82) is 0 Å². The average Bonchev–Trinajstić information content (AvgIpc) is 2.83. The summed E-state index contributed by atoms with van der Waals surface area (Å²) in [5.74, 6) is -0.978. The molecule has 0 bridgehead atoms. The molecule has 0 aromatic heterocycles. The van der Waals surface area contributed by atoms with Crippen molar-refractivity contribution in [2.24, 2.45) is 0 Å². The van der Waals surface area contributed by atoms with Crippen LogP contribution in [0.3, 0.4) is 0 Å². The van der Waals surface area contributed by atoms with Gasteiger partial charge in [0, 0.05) is 27.7 Å². The van der Waals surface area contributed by atoms with E-state index in [1.54, 1.807) is 0 Å². The van der Waals surface area contributed by atoms with Crippen molar-refractivity contribution < 1.29 is 71.0 Å². The van der Waals surface area contributed by atoms with Crippen molar-refractivity contribution in [2.45, 2.75) is 9.79 Å². The summed E-state index contributed by atoms with van der Waals surface area (Å²) < 4.78 is 67.7. The van der Waals surface area contributed by atoms with Gasteiger partial charge in [0.15, 0.2) is 0 Å². The van der Waals surface area contributed by atoms with Gasteiger partial charge >= 0.3 is 45.8 Å². The average molecular weight is 584 g/mol. The molecule has 0 aliphatic heterocycles. The first kappa shape index (κ1) is 30.0. The fraction of sp³-hybridized carbons (Fsp3) is 0. The number of anilines is 3. The third kappa shape index (κ3) is 7.11. The number of aromatic hydroxyl groups is 1. The Balaban J connectivity index is 0.00000280.